The van der Waals surface area contributed by atoms with Gasteiger partial charge in [0.15, 0.2) is 17.5 Å². The van der Waals surface area contributed by atoms with Crippen molar-refractivity contribution < 1.29 is 24.3 Å². The molecule has 0 heterocycles. The second-order valence-corrected chi connectivity index (χ2v) is 4.56. The van der Waals surface area contributed by atoms with Gasteiger partial charge in [-0.1, -0.05) is 60.7 Å². The second-order valence-electron chi connectivity index (χ2n) is 4.56. The van der Waals surface area contributed by atoms with Crippen LogP contribution in [0.1, 0.15) is 20.7 Å². The van der Waals surface area contributed by atoms with E-state index in [2.05, 4.69) is 0 Å². The van der Waals surface area contributed by atoms with Gasteiger partial charge >= 0.3 is 5.97 Å². The van der Waals surface area contributed by atoms with Crippen molar-refractivity contribution in [2.24, 2.45) is 5.92 Å². The van der Waals surface area contributed by atoms with Crippen molar-refractivity contribution in [1.82, 2.24) is 0 Å². The molecule has 0 saturated heterocycles. The Hall–Kier alpha value is -3.08. The van der Waals surface area contributed by atoms with Gasteiger partial charge in [0, 0.05) is 11.1 Å². The van der Waals surface area contributed by atoms with Gasteiger partial charge in [0.25, 0.3) is 5.78 Å². The van der Waals surface area contributed by atoms with E-state index < -0.39 is 29.2 Å². The van der Waals surface area contributed by atoms with E-state index in [9.17, 15) is 19.2 Å². The van der Waals surface area contributed by atoms with Crippen LogP contribution in [0, 0.1) is 5.92 Å². The average Bonchev–Trinajstić information content (AvgIpc) is 2.56. The topological polar surface area (TPSA) is 88.5 Å². The lowest BCUT2D eigenvalue weighted by Gasteiger charge is -2.11. The van der Waals surface area contributed by atoms with Gasteiger partial charge in [0.05, 0.1) is 0 Å². The fourth-order valence-electron chi connectivity index (χ4n) is 2.02. The van der Waals surface area contributed by atoms with E-state index >= 15 is 0 Å². The molecule has 1 N–H and O–H groups in total. The van der Waals surface area contributed by atoms with Crippen molar-refractivity contribution in [3.05, 3.63) is 71.8 Å². The van der Waals surface area contributed by atoms with E-state index in [1.807, 2.05) is 0 Å². The van der Waals surface area contributed by atoms with E-state index in [4.69, 9.17) is 5.11 Å². The van der Waals surface area contributed by atoms with E-state index in [0.29, 0.717) is 0 Å². The van der Waals surface area contributed by atoms with Crippen molar-refractivity contribution in [1.29, 1.82) is 0 Å². The van der Waals surface area contributed by atoms with Crippen LogP contribution in [0.5, 0.6) is 0 Å². The fourth-order valence-corrected chi connectivity index (χ4v) is 2.02. The second kappa shape index (κ2) is 6.58. The molecule has 0 radical (unpaired) electrons. The Morgan fingerprint density at radius 2 is 1.05 bits per heavy atom. The number of carboxylic acid groups (broad SMARTS) is 1. The first-order valence-electron chi connectivity index (χ1n) is 6.48. The van der Waals surface area contributed by atoms with Crippen molar-refractivity contribution in [2.45, 2.75) is 0 Å². The third kappa shape index (κ3) is 3.15. The average molecular weight is 296 g/mol. The number of hydrogen-bond donors (Lipinski definition) is 1. The number of hydrogen-bond acceptors (Lipinski definition) is 4. The van der Waals surface area contributed by atoms with Gasteiger partial charge in [-0.3, -0.25) is 14.4 Å². The maximum Gasteiger partial charge on any atom is 0.373 e. The number of benzene rings is 2. The first kappa shape index (κ1) is 15.3. The third-order valence-corrected chi connectivity index (χ3v) is 3.11. The molecule has 0 aliphatic carbocycles. The van der Waals surface area contributed by atoms with E-state index in [1.165, 1.54) is 24.3 Å². The highest BCUT2D eigenvalue weighted by Crippen LogP contribution is 2.16. The van der Waals surface area contributed by atoms with Crippen LogP contribution in [0.3, 0.4) is 0 Å². The van der Waals surface area contributed by atoms with Crippen LogP contribution in [-0.2, 0) is 9.59 Å². The summed E-state index contributed by atoms with van der Waals surface area (Å²) in [5.41, 5.74) is 0.234. The zero-order valence-corrected chi connectivity index (χ0v) is 11.4. The Bertz CT molecular complexity index is 668. The van der Waals surface area contributed by atoms with Crippen molar-refractivity contribution >= 4 is 23.3 Å². The van der Waals surface area contributed by atoms with Gasteiger partial charge in [-0.2, -0.15) is 0 Å². The molecule has 0 amide bonds. The van der Waals surface area contributed by atoms with Gasteiger partial charge in [-0.15, -0.1) is 0 Å². The SMILES string of the molecule is O=C(O)C(=O)C(C(=O)c1ccccc1)C(=O)c1ccccc1. The molecule has 0 unspecified atom stereocenters. The minimum atomic E-state index is -1.87. The van der Waals surface area contributed by atoms with E-state index in [0.717, 1.165) is 0 Å². The smallest absolute Gasteiger partial charge is 0.373 e. The third-order valence-electron chi connectivity index (χ3n) is 3.11. The maximum atomic E-state index is 12.4. The summed E-state index contributed by atoms with van der Waals surface area (Å²) in [5, 5.41) is 8.89. The van der Waals surface area contributed by atoms with Gasteiger partial charge in [0.1, 0.15) is 0 Å². The Labute approximate surface area is 126 Å². The van der Waals surface area contributed by atoms with Gasteiger partial charge < -0.3 is 5.11 Å². The van der Waals surface area contributed by atoms with Crippen LogP contribution < -0.4 is 0 Å². The molecule has 2 aromatic carbocycles. The Balaban J connectivity index is 2.44. The molecule has 22 heavy (non-hydrogen) atoms. The Kier molecular flexibility index (Phi) is 4.58. The molecule has 0 aliphatic heterocycles. The molecule has 5 heteroatoms. The Morgan fingerprint density at radius 1 is 0.682 bits per heavy atom. The lowest BCUT2D eigenvalue weighted by atomic mass is 9.86. The summed E-state index contributed by atoms with van der Waals surface area (Å²) in [5.74, 6) is -6.74. The number of rotatable bonds is 6. The number of ketones is 3. The minimum Gasteiger partial charge on any atom is -0.475 e. The van der Waals surface area contributed by atoms with Crippen LogP contribution in [0.15, 0.2) is 60.7 Å². The van der Waals surface area contributed by atoms with Crippen molar-refractivity contribution in [3.63, 3.8) is 0 Å². The molecule has 0 atom stereocenters. The number of aliphatic carboxylic acids is 1. The van der Waals surface area contributed by atoms with E-state index in [-0.39, 0.29) is 11.1 Å². The molecule has 0 aromatic heterocycles. The molecule has 0 bridgehead atoms. The molecule has 2 rings (SSSR count). The lowest BCUT2D eigenvalue weighted by Crippen LogP contribution is -2.36. The first-order valence-corrected chi connectivity index (χ1v) is 6.48. The summed E-state index contributed by atoms with van der Waals surface area (Å²) >= 11 is 0. The van der Waals surface area contributed by atoms with Crippen molar-refractivity contribution in [3.8, 4) is 0 Å². The number of Topliss-reactive ketones (excluding diaryl/α,β-unsaturated/α-hetero) is 3. The summed E-state index contributed by atoms with van der Waals surface area (Å²) in [6.07, 6.45) is 0. The number of carbonyl (C=O) groups is 4. The monoisotopic (exact) mass is 296 g/mol. The molecule has 0 aliphatic rings. The van der Waals surface area contributed by atoms with Crippen LogP contribution in [-0.4, -0.2) is 28.4 Å². The molecular weight excluding hydrogens is 284 g/mol. The largest absolute Gasteiger partial charge is 0.475 e. The van der Waals surface area contributed by atoms with Crippen molar-refractivity contribution in [2.75, 3.05) is 0 Å². The maximum absolute atomic E-state index is 12.4. The first-order chi connectivity index (χ1) is 10.5. The molecule has 0 spiro atoms. The summed E-state index contributed by atoms with van der Waals surface area (Å²) in [7, 11) is 0. The predicted octanol–water partition coefficient (Wildman–Crippen LogP) is 2.02. The normalized spacial score (nSPS) is 10.2. The zero-order valence-electron chi connectivity index (χ0n) is 11.4. The highest BCUT2D eigenvalue weighted by Gasteiger charge is 2.38. The highest BCUT2D eigenvalue weighted by molar-refractivity contribution is 6.45. The van der Waals surface area contributed by atoms with Crippen LogP contribution >= 0.6 is 0 Å². The summed E-state index contributed by atoms with van der Waals surface area (Å²) in [6, 6.07) is 15.4. The van der Waals surface area contributed by atoms with Gasteiger partial charge in [-0.05, 0) is 0 Å². The molecular formula is C17H12O5. The van der Waals surface area contributed by atoms with E-state index in [1.54, 1.807) is 36.4 Å². The fraction of sp³-hybridized carbons (Fsp3) is 0.0588. The van der Waals surface area contributed by atoms with Gasteiger partial charge in [-0.25, -0.2) is 4.79 Å². The zero-order chi connectivity index (χ0) is 16.1. The van der Waals surface area contributed by atoms with Gasteiger partial charge in [0.2, 0.25) is 0 Å². The predicted molar refractivity (Wildman–Crippen MR) is 77.7 cm³/mol. The summed E-state index contributed by atoms with van der Waals surface area (Å²) in [4.78, 5) is 47.6. The quantitative estimate of drug-likeness (QED) is 0.500. The van der Waals surface area contributed by atoms with Crippen LogP contribution in [0.4, 0.5) is 0 Å². The van der Waals surface area contributed by atoms with Crippen LogP contribution in [0.2, 0.25) is 0 Å². The summed E-state index contributed by atoms with van der Waals surface area (Å²) < 4.78 is 0. The molecule has 0 saturated carbocycles. The molecule has 0 fully saturated rings. The summed E-state index contributed by atoms with van der Waals surface area (Å²) in [6.45, 7) is 0. The molecule has 5 nitrogen and oxygen atoms in total. The Morgan fingerprint density at radius 3 is 1.36 bits per heavy atom. The van der Waals surface area contributed by atoms with Crippen LogP contribution in [0.25, 0.3) is 0 Å². The number of carboxylic acids is 1. The highest BCUT2D eigenvalue weighted by atomic mass is 16.4. The minimum absolute atomic E-state index is 0.117. The number of carbonyl (C=O) groups excluding carboxylic acids is 3. The molecule has 110 valence electrons. The lowest BCUT2D eigenvalue weighted by molar-refractivity contribution is -0.149. The molecule has 2 aromatic rings. The standard InChI is InChI=1S/C17H12O5/c18-14(11-7-3-1-4-8-11)13(16(20)17(21)22)15(19)12-9-5-2-6-10-12/h1-10,13H,(H,21,22).